The monoisotopic (exact) mass is 149 g/mol. The van der Waals surface area contributed by atoms with Crippen LogP contribution >= 0.6 is 24.4 Å². The molecule has 0 amide bonds. The summed E-state index contributed by atoms with van der Waals surface area (Å²) < 4.78 is 0.677. The molecule has 2 heteroatoms. The van der Waals surface area contributed by atoms with Gasteiger partial charge in [-0.3, -0.25) is 0 Å². The predicted molar refractivity (Wildman–Crippen MR) is 44.4 cm³/mol. The minimum atomic E-state index is 0.334. The molecule has 0 nitrogen and oxygen atoms in total. The molecule has 0 rings (SSSR count). The lowest BCUT2D eigenvalue weighted by molar-refractivity contribution is 0.802. The zero-order valence-electron chi connectivity index (χ0n) is 5.89. The Kier molecular flexibility index (Phi) is 3.28. The zero-order chi connectivity index (χ0) is 6.78. The number of rotatable bonds is 1. The van der Waals surface area contributed by atoms with Crippen LogP contribution in [0.3, 0.4) is 0 Å². The van der Waals surface area contributed by atoms with Gasteiger partial charge in [-0.2, -0.15) is 0 Å². The van der Waals surface area contributed by atoms with Gasteiger partial charge in [0.25, 0.3) is 0 Å². The van der Waals surface area contributed by atoms with E-state index >= 15 is 0 Å². The Bertz CT molecular complexity index is 61.4. The largest absolute Gasteiger partial charge is 0.141 e. The van der Waals surface area contributed by atoms with E-state index in [4.69, 9.17) is 12.6 Å². The summed E-state index contributed by atoms with van der Waals surface area (Å²) in [5, 5.41) is 0. The molecule has 0 fully saturated rings. The Labute approximate surface area is 61.8 Å². The highest BCUT2D eigenvalue weighted by molar-refractivity contribution is 8.11. The maximum absolute atomic E-state index is 4.99. The Morgan fingerprint density at radius 3 is 1.75 bits per heavy atom. The SMILES string of the molecule is CC([S])SC(C)(C)C. The number of hydrogen-bond donors (Lipinski definition) is 0. The van der Waals surface area contributed by atoms with Crippen molar-refractivity contribution < 1.29 is 0 Å². The summed E-state index contributed by atoms with van der Waals surface area (Å²) in [7, 11) is 0. The van der Waals surface area contributed by atoms with Crippen molar-refractivity contribution in [3.8, 4) is 0 Å². The molecule has 0 aliphatic carbocycles. The first-order valence-electron chi connectivity index (χ1n) is 2.75. The van der Waals surface area contributed by atoms with Crippen molar-refractivity contribution in [2.24, 2.45) is 0 Å². The number of hydrogen-bond acceptors (Lipinski definition) is 1. The lowest BCUT2D eigenvalue weighted by Crippen LogP contribution is -2.09. The molecule has 0 aliphatic heterocycles. The predicted octanol–water partition coefficient (Wildman–Crippen LogP) is 3.06. The fourth-order valence-corrected chi connectivity index (χ4v) is 2.36. The molecule has 0 saturated heterocycles. The van der Waals surface area contributed by atoms with Crippen molar-refractivity contribution >= 4 is 24.4 Å². The van der Waals surface area contributed by atoms with E-state index < -0.39 is 0 Å². The summed E-state index contributed by atoms with van der Waals surface area (Å²) in [5.74, 6) is 0. The molecule has 0 aromatic rings. The van der Waals surface area contributed by atoms with Gasteiger partial charge in [-0.15, -0.1) is 11.8 Å². The molecule has 1 radical (unpaired) electrons. The van der Waals surface area contributed by atoms with Crippen molar-refractivity contribution in [2.45, 2.75) is 37.0 Å². The van der Waals surface area contributed by atoms with E-state index in [9.17, 15) is 0 Å². The maximum Gasteiger partial charge on any atom is 0.0583 e. The second kappa shape index (κ2) is 3.02. The van der Waals surface area contributed by atoms with Gasteiger partial charge in [0.15, 0.2) is 0 Å². The van der Waals surface area contributed by atoms with E-state index in [1.165, 1.54) is 0 Å². The van der Waals surface area contributed by atoms with Crippen LogP contribution < -0.4 is 0 Å². The first-order chi connectivity index (χ1) is 3.42. The van der Waals surface area contributed by atoms with Gasteiger partial charge in [0.1, 0.15) is 0 Å². The maximum atomic E-state index is 4.99. The Morgan fingerprint density at radius 1 is 1.38 bits per heavy atom. The Hall–Kier alpha value is 0.700. The van der Waals surface area contributed by atoms with Crippen molar-refractivity contribution in [2.75, 3.05) is 0 Å². The van der Waals surface area contributed by atoms with Crippen LogP contribution in [0.5, 0.6) is 0 Å². The molecular weight excluding hydrogens is 136 g/mol. The van der Waals surface area contributed by atoms with Crippen LogP contribution in [0.25, 0.3) is 0 Å². The summed E-state index contributed by atoms with van der Waals surface area (Å²) >= 11 is 6.82. The Morgan fingerprint density at radius 2 is 1.75 bits per heavy atom. The lowest BCUT2D eigenvalue weighted by atomic mass is 10.3. The standard InChI is InChI=1S/C6H13S2/c1-5(7)8-6(2,3)4/h5H,1-4H3. The van der Waals surface area contributed by atoms with E-state index in [-0.39, 0.29) is 0 Å². The van der Waals surface area contributed by atoms with Crippen LogP contribution in [0.15, 0.2) is 0 Å². The third-order valence-electron chi connectivity index (χ3n) is 0.520. The molecule has 0 spiro atoms. The number of thioether (sulfide) groups is 1. The fourth-order valence-electron chi connectivity index (χ4n) is 0.498. The van der Waals surface area contributed by atoms with Crippen molar-refractivity contribution in [3.63, 3.8) is 0 Å². The molecule has 0 bridgehead atoms. The van der Waals surface area contributed by atoms with Crippen LogP contribution in [0.2, 0.25) is 0 Å². The van der Waals surface area contributed by atoms with Crippen LogP contribution in [0, 0.1) is 0 Å². The summed E-state index contributed by atoms with van der Waals surface area (Å²) in [4.78, 5) is 0. The highest BCUT2D eigenvalue weighted by Crippen LogP contribution is 2.29. The summed E-state index contributed by atoms with van der Waals surface area (Å²) in [6, 6.07) is 0. The molecule has 1 unspecified atom stereocenters. The van der Waals surface area contributed by atoms with Crippen molar-refractivity contribution in [1.82, 2.24) is 0 Å². The smallest absolute Gasteiger partial charge is 0.0583 e. The summed E-state index contributed by atoms with van der Waals surface area (Å²) in [6.07, 6.45) is 0. The summed E-state index contributed by atoms with van der Waals surface area (Å²) in [6.45, 7) is 8.59. The van der Waals surface area contributed by atoms with E-state index in [1.54, 1.807) is 0 Å². The van der Waals surface area contributed by atoms with Gasteiger partial charge in [0.05, 0.1) is 4.58 Å². The van der Waals surface area contributed by atoms with Gasteiger partial charge in [0.2, 0.25) is 0 Å². The molecular formula is C6H13S2. The van der Waals surface area contributed by atoms with Crippen LogP contribution in [0.4, 0.5) is 0 Å². The van der Waals surface area contributed by atoms with Gasteiger partial charge in [0, 0.05) is 4.75 Å². The fraction of sp³-hybridized carbons (Fsp3) is 1.00. The van der Waals surface area contributed by atoms with Gasteiger partial charge in [-0.25, -0.2) is 0 Å². The molecule has 49 valence electrons. The van der Waals surface area contributed by atoms with Crippen LogP contribution in [-0.2, 0) is 0 Å². The topological polar surface area (TPSA) is 0 Å². The van der Waals surface area contributed by atoms with Crippen molar-refractivity contribution in [3.05, 3.63) is 0 Å². The molecule has 8 heavy (non-hydrogen) atoms. The van der Waals surface area contributed by atoms with E-state index in [0.29, 0.717) is 9.33 Å². The van der Waals surface area contributed by atoms with Crippen LogP contribution in [0.1, 0.15) is 27.7 Å². The highest BCUT2D eigenvalue weighted by atomic mass is 32.2. The molecule has 0 aromatic heterocycles. The molecule has 0 aliphatic rings. The van der Waals surface area contributed by atoms with Gasteiger partial charge in [-0.1, -0.05) is 33.4 Å². The molecule has 0 heterocycles. The minimum Gasteiger partial charge on any atom is -0.141 e. The van der Waals surface area contributed by atoms with E-state index in [2.05, 4.69) is 20.8 Å². The molecule has 0 aromatic carbocycles. The van der Waals surface area contributed by atoms with Crippen molar-refractivity contribution in [1.29, 1.82) is 0 Å². The third kappa shape index (κ3) is 6.70. The quantitative estimate of drug-likeness (QED) is 0.552. The van der Waals surface area contributed by atoms with Crippen LogP contribution in [-0.4, -0.2) is 9.33 Å². The highest BCUT2D eigenvalue weighted by Gasteiger charge is 2.12. The molecule has 0 N–H and O–H groups in total. The van der Waals surface area contributed by atoms with Gasteiger partial charge < -0.3 is 0 Å². The second-order valence-corrected chi connectivity index (χ2v) is 5.97. The average Bonchev–Trinajstić information content (AvgIpc) is 1.21. The first kappa shape index (κ1) is 8.70. The normalized spacial score (nSPS) is 16.1. The third-order valence-corrected chi connectivity index (χ3v) is 1.85. The zero-order valence-corrected chi connectivity index (χ0v) is 7.53. The molecule has 0 saturated carbocycles. The second-order valence-electron chi connectivity index (χ2n) is 2.80. The van der Waals surface area contributed by atoms with E-state index in [0.717, 1.165) is 0 Å². The average molecular weight is 149 g/mol. The first-order valence-corrected chi connectivity index (χ1v) is 4.10. The lowest BCUT2D eigenvalue weighted by Gasteiger charge is -2.18. The molecule has 1 atom stereocenters. The minimum absolute atomic E-state index is 0.334. The van der Waals surface area contributed by atoms with Gasteiger partial charge in [-0.05, 0) is 6.92 Å². The Balaban J connectivity index is 3.39. The summed E-state index contributed by atoms with van der Waals surface area (Å²) in [5.41, 5.74) is 0. The van der Waals surface area contributed by atoms with Gasteiger partial charge >= 0.3 is 0 Å². The van der Waals surface area contributed by atoms with E-state index in [1.807, 2.05) is 18.7 Å².